The number of hydrogen-bond donors (Lipinski definition) is 0. The Hall–Kier alpha value is -0.670. The first-order chi connectivity index (χ1) is 9.60. The zero-order valence-corrected chi connectivity index (χ0v) is 13.7. The Labute approximate surface area is 130 Å². The molecule has 0 saturated carbocycles. The number of nitrogens with zero attached hydrogens (tertiary/aromatic N) is 1. The van der Waals surface area contributed by atoms with E-state index in [0.29, 0.717) is 11.8 Å². The summed E-state index contributed by atoms with van der Waals surface area (Å²) in [5.41, 5.74) is 0. The molecule has 0 spiro atoms. The highest BCUT2D eigenvalue weighted by Gasteiger charge is 2.27. The van der Waals surface area contributed by atoms with Gasteiger partial charge in [-0.2, -0.15) is 0 Å². The third-order valence-electron chi connectivity index (χ3n) is 3.71. The summed E-state index contributed by atoms with van der Waals surface area (Å²) in [6.45, 7) is 6.14. The van der Waals surface area contributed by atoms with Gasteiger partial charge in [0.25, 0.3) is 0 Å². The number of benzene rings is 1. The number of hydrogen-bond acceptors (Lipinski definition) is 2. The Morgan fingerprint density at radius 3 is 2.75 bits per heavy atom. The lowest BCUT2D eigenvalue weighted by atomic mass is 10.00. The fraction of sp³-hybridized carbons (Fsp3) is 0.562. The zero-order chi connectivity index (χ0) is 14.5. The van der Waals surface area contributed by atoms with Gasteiger partial charge in [-0.15, -0.1) is 11.8 Å². The van der Waals surface area contributed by atoms with Crippen molar-refractivity contribution >= 4 is 29.3 Å². The highest BCUT2D eigenvalue weighted by atomic mass is 35.5. The molecule has 1 amide bonds. The van der Waals surface area contributed by atoms with Crippen molar-refractivity contribution in [3.05, 3.63) is 29.3 Å². The van der Waals surface area contributed by atoms with E-state index >= 15 is 0 Å². The van der Waals surface area contributed by atoms with Gasteiger partial charge in [0.05, 0.1) is 5.25 Å². The van der Waals surface area contributed by atoms with Crippen molar-refractivity contribution in [1.82, 2.24) is 4.90 Å². The third kappa shape index (κ3) is 4.16. The number of likely N-dealkylation sites (tertiary alicyclic amines) is 1. The summed E-state index contributed by atoms with van der Waals surface area (Å²) >= 11 is 7.55. The van der Waals surface area contributed by atoms with Crippen molar-refractivity contribution in [3.63, 3.8) is 0 Å². The molecule has 1 fully saturated rings. The highest BCUT2D eigenvalue weighted by molar-refractivity contribution is 8.00. The lowest BCUT2D eigenvalue weighted by Crippen LogP contribution is -2.43. The number of rotatable bonds is 4. The van der Waals surface area contributed by atoms with Crippen LogP contribution in [-0.2, 0) is 4.79 Å². The molecular formula is C16H22ClNOS. The fourth-order valence-electron chi connectivity index (χ4n) is 2.58. The molecule has 20 heavy (non-hydrogen) atoms. The minimum atomic E-state index is 0.0153. The Kier molecular flexibility index (Phi) is 5.79. The molecule has 0 bridgehead atoms. The summed E-state index contributed by atoms with van der Waals surface area (Å²) in [6.07, 6.45) is 3.23. The lowest BCUT2D eigenvalue weighted by Gasteiger charge is -2.33. The van der Waals surface area contributed by atoms with E-state index in [1.54, 1.807) is 11.8 Å². The van der Waals surface area contributed by atoms with Gasteiger partial charge in [-0.3, -0.25) is 4.79 Å². The van der Waals surface area contributed by atoms with Crippen LogP contribution in [0.4, 0.5) is 0 Å². The van der Waals surface area contributed by atoms with E-state index in [4.69, 9.17) is 11.6 Å². The predicted octanol–water partition coefficient (Wildman–Crippen LogP) is 4.47. The van der Waals surface area contributed by atoms with Crippen molar-refractivity contribution in [3.8, 4) is 0 Å². The summed E-state index contributed by atoms with van der Waals surface area (Å²) in [7, 11) is 0. The largest absolute Gasteiger partial charge is 0.341 e. The van der Waals surface area contributed by atoms with E-state index in [2.05, 4.69) is 13.8 Å². The van der Waals surface area contributed by atoms with Gasteiger partial charge < -0.3 is 4.90 Å². The van der Waals surface area contributed by atoms with Gasteiger partial charge >= 0.3 is 0 Å². The molecule has 1 heterocycles. The average molecular weight is 312 g/mol. The molecule has 0 unspecified atom stereocenters. The van der Waals surface area contributed by atoms with Gasteiger partial charge in [-0.05, 0) is 49.4 Å². The molecule has 1 saturated heterocycles. The maximum Gasteiger partial charge on any atom is 0.236 e. The van der Waals surface area contributed by atoms with Crippen molar-refractivity contribution in [2.24, 2.45) is 5.92 Å². The summed E-state index contributed by atoms with van der Waals surface area (Å²) in [5.74, 6) is 0.921. The predicted molar refractivity (Wildman–Crippen MR) is 86.4 cm³/mol. The first-order valence-corrected chi connectivity index (χ1v) is 8.57. The first-order valence-electron chi connectivity index (χ1n) is 7.31. The van der Waals surface area contributed by atoms with E-state index < -0.39 is 0 Å². The van der Waals surface area contributed by atoms with Crippen LogP contribution in [0.5, 0.6) is 0 Å². The topological polar surface area (TPSA) is 20.3 Å². The van der Waals surface area contributed by atoms with Crippen LogP contribution in [0.1, 0.15) is 33.1 Å². The van der Waals surface area contributed by atoms with Crippen LogP contribution in [0.15, 0.2) is 29.2 Å². The fourth-order valence-corrected chi connectivity index (χ4v) is 3.74. The smallest absolute Gasteiger partial charge is 0.236 e. The molecule has 110 valence electrons. The zero-order valence-electron chi connectivity index (χ0n) is 12.1. The Morgan fingerprint density at radius 2 is 2.15 bits per heavy atom. The highest BCUT2D eigenvalue weighted by Crippen LogP contribution is 2.29. The van der Waals surface area contributed by atoms with Crippen LogP contribution >= 0.6 is 23.4 Å². The van der Waals surface area contributed by atoms with Gasteiger partial charge in [0.1, 0.15) is 0 Å². The van der Waals surface area contributed by atoms with Crippen molar-refractivity contribution in [2.75, 3.05) is 13.1 Å². The van der Waals surface area contributed by atoms with Gasteiger partial charge in [0, 0.05) is 23.0 Å². The van der Waals surface area contributed by atoms with Gasteiger partial charge in [-0.1, -0.05) is 25.4 Å². The maximum atomic E-state index is 12.6. The molecule has 1 aromatic rings. The molecule has 1 aliphatic rings. The average Bonchev–Trinajstić information content (AvgIpc) is 2.46. The van der Waals surface area contributed by atoms with Crippen LogP contribution in [0, 0.1) is 5.92 Å². The summed E-state index contributed by atoms with van der Waals surface area (Å²) in [4.78, 5) is 15.8. The second-order valence-electron chi connectivity index (χ2n) is 5.50. The number of piperidine rings is 1. The number of carbonyl (C=O) groups is 1. The lowest BCUT2D eigenvalue weighted by molar-refractivity contribution is -0.132. The van der Waals surface area contributed by atoms with Crippen molar-refractivity contribution in [1.29, 1.82) is 0 Å². The third-order valence-corrected chi connectivity index (χ3v) is 5.32. The van der Waals surface area contributed by atoms with Gasteiger partial charge in [0.2, 0.25) is 5.91 Å². The quantitative estimate of drug-likeness (QED) is 0.765. The molecule has 0 radical (unpaired) electrons. The molecular weight excluding hydrogens is 290 g/mol. The van der Waals surface area contributed by atoms with E-state index in [1.807, 2.05) is 29.2 Å². The number of halogens is 1. The number of amides is 1. The molecule has 4 heteroatoms. The van der Waals surface area contributed by atoms with Crippen molar-refractivity contribution < 1.29 is 4.79 Å². The molecule has 2 atom stereocenters. The number of carbonyl (C=O) groups excluding carboxylic acids is 1. The van der Waals surface area contributed by atoms with Crippen LogP contribution in [0.3, 0.4) is 0 Å². The van der Waals surface area contributed by atoms with E-state index in [1.165, 1.54) is 6.42 Å². The summed E-state index contributed by atoms with van der Waals surface area (Å²) in [6, 6.07) is 7.73. The Balaban J connectivity index is 2.00. The van der Waals surface area contributed by atoms with E-state index in [9.17, 15) is 4.79 Å². The summed E-state index contributed by atoms with van der Waals surface area (Å²) < 4.78 is 0. The van der Waals surface area contributed by atoms with Crippen LogP contribution in [0.2, 0.25) is 5.02 Å². The van der Waals surface area contributed by atoms with E-state index in [-0.39, 0.29) is 5.25 Å². The molecule has 2 rings (SSSR count). The van der Waals surface area contributed by atoms with Gasteiger partial charge in [-0.25, -0.2) is 0 Å². The standard InChI is InChI=1S/C16H22ClNOS/c1-3-15(20-14-8-6-13(17)7-9-14)16(19)18-10-4-5-12(2)11-18/h6-9,12,15H,3-5,10-11H2,1-2H3/t12-,15-/m1/s1. The number of thioether (sulfide) groups is 1. The van der Waals surface area contributed by atoms with Crippen LogP contribution in [0.25, 0.3) is 0 Å². The summed E-state index contributed by atoms with van der Waals surface area (Å²) in [5, 5.41) is 0.750. The molecule has 1 aliphatic heterocycles. The first kappa shape index (κ1) is 15.7. The monoisotopic (exact) mass is 311 g/mol. The van der Waals surface area contributed by atoms with Crippen molar-refractivity contribution in [2.45, 2.75) is 43.3 Å². The van der Waals surface area contributed by atoms with Crippen LogP contribution in [-0.4, -0.2) is 29.1 Å². The molecule has 2 nitrogen and oxygen atoms in total. The minimum Gasteiger partial charge on any atom is -0.341 e. The second kappa shape index (κ2) is 7.37. The molecule has 0 N–H and O–H groups in total. The second-order valence-corrected chi connectivity index (χ2v) is 7.21. The molecule has 0 aliphatic carbocycles. The molecule has 1 aromatic carbocycles. The van der Waals surface area contributed by atoms with E-state index in [0.717, 1.165) is 35.8 Å². The Morgan fingerprint density at radius 1 is 1.45 bits per heavy atom. The maximum absolute atomic E-state index is 12.6. The molecule has 0 aromatic heterocycles. The SMILES string of the molecule is CC[C@@H](Sc1ccc(Cl)cc1)C(=O)N1CCC[C@@H](C)C1. The minimum absolute atomic E-state index is 0.0153. The van der Waals surface area contributed by atoms with Gasteiger partial charge in [0.15, 0.2) is 0 Å². The Bertz CT molecular complexity index is 448. The van der Waals surface area contributed by atoms with Crippen LogP contribution < -0.4 is 0 Å². The normalized spacial score (nSPS) is 20.8.